The van der Waals surface area contributed by atoms with Crippen LogP contribution < -0.4 is 0 Å². The molecule has 0 amide bonds. The van der Waals surface area contributed by atoms with Gasteiger partial charge in [-0.05, 0) is 65.2 Å². The summed E-state index contributed by atoms with van der Waals surface area (Å²) in [6.07, 6.45) is 1.85. The van der Waals surface area contributed by atoms with E-state index in [1.54, 1.807) is 18.2 Å². The minimum atomic E-state index is 0.0258. The smallest absolute Gasteiger partial charge is 0.149 e. The van der Waals surface area contributed by atoms with Crippen LogP contribution in [0.2, 0.25) is 0 Å². The average molecular weight is 517 g/mol. The van der Waals surface area contributed by atoms with Crippen LogP contribution >= 0.6 is 0 Å². The molecule has 5 aromatic carbocycles. The number of para-hydroxylation sites is 3. The molecule has 40 heavy (non-hydrogen) atoms. The molecule has 7 aromatic rings. The highest BCUT2D eigenvalue weighted by molar-refractivity contribution is 5.96. The molecule has 0 saturated carbocycles. The summed E-state index contributed by atoms with van der Waals surface area (Å²) >= 11 is 0. The number of phenols is 1. The fourth-order valence-electron chi connectivity index (χ4n) is 5.19. The molecule has 0 aliphatic carbocycles. The van der Waals surface area contributed by atoms with E-state index in [0.717, 1.165) is 50.2 Å². The molecule has 0 aliphatic rings. The Morgan fingerprint density at radius 2 is 1.32 bits per heavy atom. The van der Waals surface area contributed by atoms with E-state index in [9.17, 15) is 5.11 Å². The van der Waals surface area contributed by atoms with Crippen molar-refractivity contribution in [1.29, 1.82) is 0 Å². The third kappa shape index (κ3) is 4.22. The van der Waals surface area contributed by atoms with Gasteiger partial charge in [0.05, 0.1) is 23.7 Å². The molecule has 4 heteroatoms. The van der Waals surface area contributed by atoms with Crippen molar-refractivity contribution in [2.45, 2.75) is 0 Å². The van der Waals surface area contributed by atoms with Crippen molar-refractivity contribution in [3.8, 4) is 56.3 Å². The fourth-order valence-corrected chi connectivity index (χ4v) is 5.19. The highest BCUT2D eigenvalue weighted by Crippen LogP contribution is 2.38. The summed E-state index contributed by atoms with van der Waals surface area (Å²) < 4.78 is 10.6. The highest BCUT2D eigenvalue weighted by Gasteiger charge is 2.19. The maximum Gasteiger partial charge on any atom is 0.149 e. The zero-order valence-electron chi connectivity index (χ0n) is 22.6. The van der Waals surface area contributed by atoms with Crippen LogP contribution in [0, 0.1) is 0 Å². The van der Waals surface area contributed by atoms with Crippen LogP contribution in [0.25, 0.3) is 61.6 Å². The molecule has 0 fully saturated rings. The number of phenolic OH excluding ortho intramolecular Hbond substituents is 1. The molecule has 1 N–H and O–H groups in total. The molecule has 4 nitrogen and oxygen atoms in total. The van der Waals surface area contributed by atoms with Crippen molar-refractivity contribution < 1.29 is 6.48 Å². The third-order valence-electron chi connectivity index (χ3n) is 7.09. The lowest BCUT2D eigenvalue weighted by atomic mass is 9.99. The molecule has 0 radical (unpaired) electrons. The first-order valence-electron chi connectivity index (χ1n) is 13.7. The van der Waals surface area contributed by atoms with Gasteiger partial charge >= 0.3 is 0 Å². The first-order chi connectivity index (χ1) is 20.2. The Bertz CT molecular complexity index is 2000. The second kappa shape index (κ2) is 10.0. The molecule has 0 spiro atoms. The number of hydrogen-bond donors (Lipinski definition) is 1. The first kappa shape index (κ1) is 22.5. The van der Waals surface area contributed by atoms with Crippen molar-refractivity contribution >= 4 is 11.0 Å². The minimum Gasteiger partial charge on any atom is -0.507 e. The maximum atomic E-state index is 10.8. The molecule has 0 aliphatic heterocycles. The van der Waals surface area contributed by atoms with E-state index >= 15 is 0 Å². The van der Waals surface area contributed by atoms with Crippen molar-refractivity contribution in [1.82, 2.24) is 14.5 Å². The maximum absolute atomic E-state index is 10.8. The van der Waals surface area contributed by atoms with Gasteiger partial charge in [0.2, 0.25) is 0 Å². The number of benzene rings is 5. The second-order valence-electron chi connectivity index (χ2n) is 9.59. The van der Waals surface area contributed by atoms with E-state index in [4.69, 9.17) is 6.35 Å². The van der Waals surface area contributed by atoms with Gasteiger partial charge in [0.1, 0.15) is 11.6 Å². The first-order valence-corrected chi connectivity index (χ1v) is 13.2. The summed E-state index contributed by atoms with van der Waals surface area (Å²) in [7, 11) is 0. The molecular formula is C36H25N3O. The van der Waals surface area contributed by atoms with E-state index in [0.29, 0.717) is 11.4 Å². The quantitative estimate of drug-likeness (QED) is 0.249. The Labute approximate surface area is 233 Å². The van der Waals surface area contributed by atoms with Gasteiger partial charge in [-0.3, -0.25) is 9.55 Å². The Balaban J connectivity index is 1.41. The van der Waals surface area contributed by atoms with E-state index in [-0.39, 0.29) is 11.8 Å². The van der Waals surface area contributed by atoms with Crippen LogP contribution in [0.3, 0.4) is 0 Å². The van der Waals surface area contributed by atoms with Gasteiger partial charge in [0.25, 0.3) is 0 Å². The van der Waals surface area contributed by atoms with Crippen LogP contribution in [0.4, 0.5) is 0 Å². The molecule has 0 unspecified atom stereocenters. The van der Waals surface area contributed by atoms with Crippen LogP contribution in [-0.4, -0.2) is 19.6 Å². The predicted octanol–water partition coefficient (Wildman–Crippen LogP) is 8.79. The monoisotopic (exact) mass is 516 g/mol. The molecule has 0 atom stereocenters. The normalized spacial score (nSPS) is 11.4. The summed E-state index contributed by atoms with van der Waals surface area (Å²) in [6, 6.07) is 44.0. The van der Waals surface area contributed by atoms with Gasteiger partial charge < -0.3 is 5.11 Å². The topological polar surface area (TPSA) is 50.9 Å². The van der Waals surface area contributed by atoms with Gasteiger partial charge in [-0.1, -0.05) is 91.0 Å². The number of nitrogens with zero attached hydrogens (tertiary/aromatic N) is 3. The average Bonchev–Trinajstić information content (AvgIpc) is 3.41. The number of fused-ring (bicyclic) bond motifs is 1. The van der Waals surface area contributed by atoms with Gasteiger partial charge in [-0.2, -0.15) is 0 Å². The van der Waals surface area contributed by atoms with Gasteiger partial charge in [0, 0.05) is 23.0 Å². The van der Waals surface area contributed by atoms with Crippen molar-refractivity contribution in [2.24, 2.45) is 0 Å². The molecule has 0 saturated heterocycles. The van der Waals surface area contributed by atoms with Crippen molar-refractivity contribution in [2.75, 3.05) is 0 Å². The van der Waals surface area contributed by atoms with Gasteiger partial charge in [0.15, 0.2) is 0 Å². The minimum absolute atomic E-state index is 0.0258. The number of pyridine rings is 1. The fraction of sp³-hybridized carbons (Fsp3) is 0. The Hall–Kier alpha value is -5.48. The lowest BCUT2D eigenvalue weighted by Crippen LogP contribution is -1.97. The lowest BCUT2D eigenvalue weighted by Gasteiger charge is -2.11. The summed E-state index contributed by atoms with van der Waals surface area (Å²) in [6.45, 7) is 0. The second-order valence-corrected chi connectivity index (χ2v) is 9.59. The summed E-state index contributed by atoms with van der Waals surface area (Å²) in [5, 5.41) is 10.8. The van der Waals surface area contributed by atoms with Crippen LogP contribution in [0.5, 0.6) is 5.75 Å². The molecule has 7 rings (SSSR count). The molecule has 190 valence electrons. The number of aromatic hydroxyl groups is 1. The van der Waals surface area contributed by atoms with Crippen molar-refractivity contribution in [3.63, 3.8) is 0 Å². The van der Waals surface area contributed by atoms with Gasteiger partial charge in [-0.25, -0.2) is 4.98 Å². The summed E-state index contributed by atoms with van der Waals surface area (Å²) in [5.74, 6) is 0.549. The number of imidazole rings is 1. The Morgan fingerprint density at radius 1 is 0.600 bits per heavy atom. The van der Waals surface area contributed by atoms with E-state index in [1.165, 1.54) is 0 Å². The molecule has 2 heterocycles. The standard InChI is InChI=1S/C36H25N3O/c40-34-20-8-7-17-31(34)36-38-35-30(18-10-19-33(35)39(36)29-15-5-2-6-16-29)27-13-9-14-28(23-27)32-24-26(21-22-37-32)25-11-3-1-4-12-25/h1-24,40H/i17D. The Morgan fingerprint density at radius 3 is 2.15 bits per heavy atom. The van der Waals surface area contributed by atoms with Crippen LogP contribution in [0.15, 0.2) is 146 Å². The zero-order chi connectivity index (χ0) is 27.8. The molecule has 0 bridgehead atoms. The third-order valence-corrected chi connectivity index (χ3v) is 7.09. The highest BCUT2D eigenvalue weighted by atomic mass is 16.3. The summed E-state index contributed by atoms with van der Waals surface area (Å²) in [4.78, 5) is 9.76. The zero-order valence-corrected chi connectivity index (χ0v) is 21.6. The van der Waals surface area contributed by atoms with Crippen molar-refractivity contribution in [3.05, 3.63) is 146 Å². The number of hydrogen-bond acceptors (Lipinski definition) is 3. The van der Waals surface area contributed by atoms with E-state index in [2.05, 4.69) is 47.4 Å². The van der Waals surface area contributed by atoms with E-state index < -0.39 is 0 Å². The Kier molecular flexibility index (Phi) is 5.63. The number of aromatic nitrogens is 3. The largest absolute Gasteiger partial charge is 0.507 e. The van der Waals surface area contributed by atoms with Gasteiger partial charge in [-0.15, -0.1) is 0 Å². The molecule has 2 aromatic heterocycles. The molecular weight excluding hydrogens is 490 g/mol. The van der Waals surface area contributed by atoms with Crippen LogP contribution in [0.1, 0.15) is 1.37 Å². The number of rotatable bonds is 5. The lowest BCUT2D eigenvalue weighted by molar-refractivity contribution is 0.477. The SMILES string of the molecule is [2H]c1cccc(O)c1-c1nc2c(-c3cccc(-c4cc(-c5ccccc5)ccn4)c3)cccc2n1-c1ccccc1. The predicted molar refractivity (Wildman–Crippen MR) is 162 cm³/mol. The van der Waals surface area contributed by atoms with E-state index in [1.807, 2.05) is 83.6 Å². The summed E-state index contributed by atoms with van der Waals surface area (Å²) in [5.41, 5.74) is 9.11. The van der Waals surface area contributed by atoms with Crippen LogP contribution in [-0.2, 0) is 0 Å².